The summed E-state index contributed by atoms with van der Waals surface area (Å²) in [6.07, 6.45) is 10.7. The van der Waals surface area contributed by atoms with Gasteiger partial charge in [0.2, 0.25) is 0 Å². The zero-order valence-electron chi connectivity index (χ0n) is 45.3. The second kappa shape index (κ2) is 15.3. The maximum Gasteiger partial charge on any atom is 0.252 e. The Morgan fingerprint density at radius 2 is 1.01 bits per heavy atom. The second-order valence-corrected chi connectivity index (χ2v) is 28.1. The quantitative estimate of drug-likeness (QED) is 0.162. The number of nitrogens with zero attached hydrogens (tertiary/aromatic N) is 2. The van der Waals surface area contributed by atoms with Crippen LogP contribution in [0.4, 0.5) is 34.1 Å². The average Bonchev–Trinajstić information content (AvgIpc) is 3.28. The van der Waals surface area contributed by atoms with Gasteiger partial charge in [-0.05, 0) is 212 Å². The summed E-state index contributed by atoms with van der Waals surface area (Å²) < 4.78 is 0. The van der Waals surface area contributed by atoms with E-state index in [1.807, 2.05) is 0 Å². The first kappa shape index (κ1) is 46.1. The van der Waals surface area contributed by atoms with Crippen molar-refractivity contribution in [2.24, 2.45) is 17.8 Å². The molecule has 0 atom stereocenters. The van der Waals surface area contributed by atoms with Crippen LogP contribution in [0.3, 0.4) is 0 Å². The van der Waals surface area contributed by atoms with Crippen molar-refractivity contribution >= 4 is 57.2 Å². The molecule has 0 spiro atoms. The number of fused-ring (bicyclic) bond motifs is 5. The standard InChI is InChI=1S/C67H79BN2/c1-41-15-25-57-55(29-41)68-54-24-19-48(64(8,9)10)35-58(54)70(56-26-20-47(63(5,6)7)34-51(56)45-16-23-52-53(33-45)66(13,14)28-27-65(52,11)12)60-37-49(67-38-42-30-43(39-67)32-44(31-42)40-67)36-59(61(60)68)69(57)50-21-17-46(18-22-50)62(2,3)4/h15-26,29,33-37,42-44H,27-28,30-32,38-40H2,1-14H3. The first-order valence-corrected chi connectivity index (χ1v) is 27.3. The van der Waals surface area contributed by atoms with Gasteiger partial charge >= 0.3 is 0 Å². The SMILES string of the molecule is Cc1ccc2c(c1)B1c3ccc(C(C)(C)C)cc3N(c3ccc(C(C)(C)C)cc3-c3ccc4c(c3)C(C)(C)CCC4(C)C)c3cc(C45CC6CC(CC(C6)C4)C5)cc(c31)N2c1ccc(C(C)(C)C)cc1. The molecule has 0 saturated heterocycles. The lowest BCUT2D eigenvalue weighted by molar-refractivity contribution is -0.00514. The molecule has 0 radical (unpaired) electrons. The monoisotopic (exact) mass is 923 g/mol. The second-order valence-electron chi connectivity index (χ2n) is 28.1. The summed E-state index contributed by atoms with van der Waals surface area (Å²) >= 11 is 0. The Morgan fingerprint density at radius 3 is 1.63 bits per heavy atom. The molecule has 4 fully saturated rings. The average molecular weight is 923 g/mol. The summed E-state index contributed by atoms with van der Waals surface area (Å²) in [5.74, 6) is 2.53. The Morgan fingerprint density at radius 1 is 0.471 bits per heavy atom. The maximum atomic E-state index is 2.79. The molecule has 70 heavy (non-hydrogen) atoms. The van der Waals surface area contributed by atoms with Crippen LogP contribution in [0.15, 0.2) is 109 Å². The third-order valence-corrected chi connectivity index (χ3v) is 19.0. The molecule has 13 rings (SSSR count). The van der Waals surface area contributed by atoms with Gasteiger partial charge in [0, 0.05) is 34.0 Å². The number of benzene rings is 6. The zero-order valence-corrected chi connectivity index (χ0v) is 45.3. The fourth-order valence-corrected chi connectivity index (χ4v) is 15.2. The fraction of sp³-hybridized carbons (Fsp3) is 0.463. The summed E-state index contributed by atoms with van der Waals surface area (Å²) in [5, 5.41) is 0. The highest BCUT2D eigenvalue weighted by atomic mass is 15.2. The van der Waals surface area contributed by atoms with E-state index in [0.717, 1.165) is 17.8 Å². The molecule has 2 aliphatic heterocycles. The lowest BCUT2D eigenvalue weighted by Crippen LogP contribution is -2.61. The Hall–Kier alpha value is -5.02. The summed E-state index contributed by atoms with van der Waals surface area (Å²) in [6.45, 7) is 33.6. The lowest BCUT2D eigenvalue weighted by Gasteiger charge is -2.57. The largest absolute Gasteiger partial charge is 0.311 e. The van der Waals surface area contributed by atoms with Gasteiger partial charge in [0.25, 0.3) is 6.71 Å². The molecular weight excluding hydrogens is 844 g/mol. The van der Waals surface area contributed by atoms with Crippen LogP contribution >= 0.6 is 0 Å². The van der Waals surface area contributed by atoms with Crippen LogP contribution in [-0.2, 0) is 32.5 Å². The van der Waals surface area contributed by atoms with Crippen molar-refractivity contribution in [3.05, 3.63) is 148 Å². The van der Waals surface area contributed by atoms with Crippen molar-refractivity contribution < 1.29 is 0 Å². The molecule has 4 saturated carbocycles. The van der Waals surface area contributed by atoms with Crippen molar-refractivity contribution in [3.8, 4) is 11.1 Å². The molecule has 6 aromatic carbocycles. The summed E-state index contributed by atoms with van der Waals surface area (Å²) in [4.78, 5) is 5.48. The molecule has 2 heterocycles. The van der Waals surface area contributed by atoms with E-state index in [-0.39, 0.29) is 39.2 Å². The predicted octanol–water partition coefficient (Wildman–Crippen LogP) is 16.5. The minimum atomic E-state index is -0.0277. The summed E-state index contributed by atoms with van der Waals surface area (Å²) in [5.41, 5.74) is 25.3. The fourth-order valence-electron chi connectivity index (χ4n) is 15.2. The van der Waals surface area contributed by atoms with Gasteiger partial charge in [-0.1, -0.05) is 156 Å². The number of rotatable bonds is 4. The highest BCUT2D eigenvalue weighted by molar-refractivity contribution is 7.00. The van der Waals surface area contributed by atoms with Gasteiger partial charge < -0.3 is 9.80 Å². The van der Waals surface area contributed by atoms with Crippen LogP contribution in [0, 0.1) is 24.7 Å². The van der Waals surface area contributed by atoms with E-state index in [4.69, 9.17) is 0 Å². The molecule has 5 aliphatic carbocycles. The highest BCUT2D eigenvalue weighted by Gasteiger charge is 2.53. The molecule has 0 unspecified atom stereocenters. The van der Waals surface area contributed by atoms with Crippen LogP contribution in [0.2, 0.25) is 0 Å². The first-order chi connectivity index (χ1) is 32.9. The van der Waals surface area contributed by atoms with E-state index in [9.17, 15) is 0 Å². The van der Waals surface area contributed by atoms with Gasteiger partial charge in [-0.15, -0.1) is 0 Å². The Labute approximate surface area is 422 Å². The highest BCUT2D eigenvalue weighted by Crippen LogP contribution is 2.62. The van der Waals surface area contributed by atoms with Gasteiger partial charge in [-0.3, -0.25) is 0 Å². The molecule has 360 valence electrons. The van der Waals surface area contributed by atoms with Gasteiger partial charge in [0.15, 0.2) is 0 Å². The first-order valence-electron chi connectivity index (χ1n) is 27.3. The van der Waals surface area contributed by atoms with Crippen molar-refractivity contribution in [3.63, 3.8) is 0 Å². The molecular formula is C67H79BN2. The smallest absolute Gasteiger partial charge is 0.252 e. The van der Waals surface area contributed by atoms with Gasteiger partial charge in [0.05, 0.1) is 5.69 Å². The van der Waals surface area contributed by atoms with Crippen LogP contribution < -0.4 is 26.2 Å². The normalized spacial score (nSPS) is 23.7. The third-order valence-electron chi connectivity index (χ3n) is 19.0. The number of hydrogen-bond acceptors (Lipinski definition) is 2. The minimum Gasteiger partial charge on any atom is -0.311 e. The molecule has 0 aromatic heterocycles. The van der Waals surface area contributed by atoms with E-state index in [0.29, 0.717) is 0 Å². The van der Waals surface area contributed by atoms with Crippen LogP contribution in [0.25, 0.3) is 11.1 Å². The third kappa shape index (κ3) is 7.23. The molecule has 7 aliphatic rings. The van der Waals surface area contributed by atoms with Crippen molar-refractivity contribution in [1.29, 1.82) is 0 Å². The minimum absolute atomic E-state index is 0.0186. The lowest BCUT2D eigenvalue weighted by atomic mass is 9.33. The van der Waals surface area contributed by atoms with E-state index in [1.54, 1.807) is 5.56 Å². The van der Waals surface area contributed by atoms with E-state index < -0.39 is 0 Å². The number of hydrogen-bond donors (Lipinski definition) is 0. The Balaban J connectivity index is 1.19. The van der Waals surface area contributed by atoms with E-state index in [2.05, 4.69) is 216 Å². The maximum absolute atomic E-state index is 2.79. The Kier molecular flexibility index (Phi) is 10.0. The molecule has 0 amide bonds. The van der Waals surface area contributed by atoms with Crippen LogP contribution in [0.5, 0.6) is 0 Å². The topological polar surface area (TPSA) is 6.48 Å². The summed E-state index contributed by atoms with van der Waals surface area (Å²) in [7, 11) is 0. The number of anilines is 6. The molecule has 2 nitrogen and oxygen atoms in total. The van der Waals surface area contributed by atoms with E-state index in [1.165, 1.54) is 146 Å². The van der Waals surface area contributed by atoms with Crippen LogP contribution in [0.1, 0.15) is 180 Å². The number of aryl methyl sites for hydroxylation is 1. The van der Waals surface area contributed by atoms with Gasteiger partial charge in [0.1, 0.15) is 0 Å². The van der Waals surface area contributed by atoms with E-state index >= 15 is 0 Å². The van der Waals surface area contributed by atoms with Crippen LogP contribution in [-0.4, -0.2) is 6.71 Å². The summed E-state index contributed by atoms with van der Waals surface area (Å²) in [6, 6.07) is 45.2. The molecule has 0 N–H and O–H groups in total. The van der Waals surface area contributed by atoms with Gasteiger partial charge in [-0.2, -0.15) is 0 Å². The molecule has 6 aromatic rings. The molecule has 4 bridgehead atoms. The molecule has 3 heteroatoms. The van der Waals surface area contributed by atoms with Gasteiger partial charge in [-0.25, -0.2) is 0 Å². The zero-order chi connectivity index (χ0) is 49.2. The van der Waals surface area contributed by atoms with Crippen molar-refractivity contribution in [1.82, 2.24) is 0 Å². The van der Waals surface area contributed by atoms with Crippen molar-refractivity contribution in [2.75, 3.05) is 9.80 Å². The Bertz CT molecular complexity index is 3070. The van der Waals surface area contributed by atoms with Crippen molar-refractivity contribution in [2.45, 2.75) is 181 Å². The predicted molar refractivity (Wildman–Crippen MR) is 302 cm³/mol.